The fourth-order valence-corrected chi connectivity index (χ4v) is 2.56. The standard InChI is InChI=1S/C13H15N3O2S/c1-7-12(19-8(2)15-7)13(17)16-10-6-9(14)4-5-11(10)18-3/h4-6H,14H2,1-3H3,(H,16,17). The van der Waals surface area contributed by atoms with E-state index < -0.39 is 0 Å². The van der Waals surface area contributed by atoms with E-state index in [0.29, 0.717) is 22.0 Å². The first-order valence-corrected chi connectivity index (χ1v) is 6.52. The number of nitrogen functional groups attached to an aromatic ring is 1. The molecule has 0 aliphatic rings. The number of aryl methyl sites for hydroxylation is 2. The van der Waals surface area contributed by atoms with Gasteiger partial charge in [0, 0.05) is 5.69 Å². The number of aromatic nitrogens is 1. The maximum atomic E-state index is 12.2. The second-order valence-corrected chi connectivity index (χ2v) is 5.26. The van der Waals surface area contributed by atoms with Crippen LogP contribution in [0.5, 0.6) is 5.75 Å². The average Bonchev–Trinajstić information content (AvgIpc) is 2.69. The summed E-state index contributed by atoms with van der Waals surface area (Å²) >= 11 is 1.36. The Morgan fingerprint density at radius 3 is 2.74 bits per heavy atom. The van der Waals surface area contributed by atoms with Crippen molar-refractivity contribution in [2.24, 2.45) is 0 Å². The van der Waals surface area contributed by atoms with Gasteiger partial charge in [-0.3, -0.25) is 4.79 Å². The lowest BCUT2D eigenvalue weighted by Crippen LogP contribution is -2.12. The molecule has 1 aromatic carbocycles. The Kier molecular flexibility index (Phi) is 3.71. The molecule has 19 heavy (non-hydrogen) atoms. The molecule has 0 fully saturated rings. The second-order valence-electron chi connectivity index (χ2n) is 4.06. The first-order chi connectivity index (χ1) is 9.01. The van der Waals surface area contributed by atoms with Gasteiger partial charge in [0.25, 0.3) is 5.91 Å². The highest BCUT2D eigenvalue weighted by atomic mass is 32.1. The molecule has 0 unspecified atom stereocenters. The summed E-state index contributed by atoms with van der Waals surface area (Å²) in [6.45, 7) is 3.69. The number of carbonyl (C=O) groups is 1. The highest BCUT2D eigenvalue weighted by Gasteiger charge is 2.15. The first kappa shape index (κ1) is 13.4. The smallest absolute Gasteiger partial charge is 0.267 e. The molecule has 100 valence electrons. The molecule has 3 N–H and O–H groups in total. The number of thiazole rings is 1. The minimum atomic E-state index is -0.202. The number of benzene rings is 1. The molecule has 2 aromatic rings. The lowest BCUT2D eigenvalue weighted by Gasteiger charge is -2.10. The fraction of sp³-hybridized carbons (Fsp3) is 0.231. The van der Waals surface area contributed by atoms with Gasteiger partial charge in [0.1, 0.15) is 10.6 Å². The molecule has 0 atom stereocenters. The zero-order chi connectivity index (χ0) is 14.0. The zero-order valence-electron chi connectivity index (χ0n) is 11.0. The van der Waals surface area contributed by atoms with Crippen molar-refractivity contribution < 1.29 is 9.53 Å². The lowest BCUT2D eigenvalue weighted by atomic mass is 10.2. The van der Waals surface area contributed by atoms with Gasteiger partial charge >= 0.3 is 0 Å². The Morgan fingerprint density at radius 2 is 2.16 bits per heavy atom. The van der Waals surface area contributed by atoms with E-state index in [-0.39, 0.29) is 5.91 Å². The summed E-state index contributed by atoms with van der Waals surface area (Å²) in [6, 6.07) is 5.10. The highest BCUT2D eigenvalue weighted by Crippen LogP contribution is 2.28. The molecule has 0 radical (unpaired) electrons. The summed E-state index contributed by atoms with van der Waals surface area (Å²) in [4.78, 5) is 17.0. The van der Waals surface area contributed by atoms with Gasteiger partial charge < -0.3 is 15.8 Å². The molecule has 1 aromatic heterocycles. The third-order valence-corrected chi connectivity index (χ3v) is 3.65. The van der Waals surface area contributed by atoms with Gasteiger partial charge in [-0.2, -0.15) is 0 Å². The molecular weight excluding hydrogens is 262 g/mol. The maximum absolute atomic E-state index is 12.2. The lowest BCUT2D eigenvalue weighted by molar-refractivity contribution is 0.102. The average molecular weight is 277 g/mol. The van der Waals surface area contributed by atoms with Crippen molar-refractivity contribution in [2.45, 2.75) is 13.8 Å². The summed E-state index contributed by atoms with van der Waals surface area (Å²) in [5.41, 5.74) is 7.56. The van der Waals surface area contributed by atoms with Crippen molar-refractivity contribution in [3.8, 4) is 5.75 Å². The number of carbonyl (C=O) groups excluding carboxylic acids is 1. The Bertz CT molecular complexity index is 622. The third kappa shape index (κ3) is 2.85. The molecule has 0 aliphatic carbocycles. The summed E-state index contributed by atoms with van der Waals surface area (Å²) in [6.07, 6.45) is 0. The molecule has 0 aliphatic heterocycles. The number of nitrogens with two attached hydrogens (primary N) is 1. The number of ether oxygens (including phenoxy) is 1. The summed E-state index contributed by atoms with van der Waals surface area (Å²) in [5, 5.41) is 3.66. The van der Waals surface area contributed by atoms with E-state index in [2.05, 4.69) is 10.3 Å². The topological polar surface area (TPSA) is 77.2 Å². The number of nitrogens with one attached hydrogen (secondary N) is 1. The monoisotopic (exact) mass is 277 g/mol. The maximum Gasteiger partial charge on any atom is 0.267 e. The predicted octanol–water partition coefficient (Wildman–Crippen LogP) is 2.60. The molecule has 0 bridgehead atoms. The highest BCUT2D eigenvalue weighted by molar-refractivity contribution is 7.13. The van der Waals surface area contributed by atoms with Crippen molar-refractivity contribution in [3.63, 3.8) is 0 Å². The van der Waals surface area contributed by atoms with Gasteiger partial charge in [-0.15, -0.1) is 11.3 Å². The molecular formula is C13H15N3O2S. The van der Waals surface area contributed by atoms with Crippen molar-refractivity contribution >= 4 is 28.6 Å². The van der Waals surface area contributed by atoms with E-state index in [4.69, 9.17) is 10.5 Å². The molecule has 0 spiro atoms. The van der Waals surface area contributed by atoms with Crippen molar-refractivity contribution in [2.75, 3.05) is 18.2 Å². The zero-order valence-corrected chi connectivity index (χ0v) is 11.8. The molecule has 1 heterocycles. The van der Waals surface area contributed by atoms with Crippen LogP contribution in [-0.4, -0.2) is 18.0 Å². The minimum Gasteiger partial charge on any atom is -0.495 e. The number of nitrogens with zero attached hydrogens (tertiary/aromatic N) is 1. The van der Waals surface area contributed by atoms with Crippen LogP contribution in [0.3, 0.4) is 0 Å². The van der Waals surface area contributed by atoms with Crippen molar-refractivity contribution in [1.82, 2.24) is 4.98 Å². The summed E-state index contributed by atoms with van der Waals surface area (Å²) in [5.74, 6) is 0.369. The minimum absolute atomic E-state index is 0.202. The summed E-state index contributed by atoms with van der Waals surface area (Å²) < 4.78 is 5.19. The van der Waals surface area contributed by atoms with E-state index in [1.807, 2.05) is 13.8 Å². The van der Waals surface area contributed by atoms with Crippen LogP contribution in [0.2, 0.25) is 0 Å². The normalized spacial score (nSPS) is 10.3. The van der Waals surface area contributed by atoms with Gasteiger partial charge in [0.2, 0.25) is 0 Å². The molecule has 2 rings (SSSR count). The van der Waals surface area contributed by atoms with Gasteiger partial charge in [-0.25, -0.2) is 4.98 Å². The van der Waals surface area contributed by atoms with Crippen LogP contribution >= 0.6 is 11.3 Å². The van der Waals surface area contributed by atoms with Crippen LogP contribution < -0.4 is 15.8 Å². The van der Waals surface area contributed by atoms with Crippen molar-refractivity contribution in [1.29, 1.82) is 0 Å². The van der Waals surface area contributed by atoms with Gasteiger partial charge in [-0.05, 0) is 32.0 Å². The number of hydrogen-bond acceptors (Lipinski definition) is 5. The molecule has 1 amide bonds. The van der Waals surface area contributed by atoms with Crippen LogP contribution in [0.15, 0.2) is 18.2 Å². The van der Waals surface area contributed by atoms with E-state index in [1.54, 1.807) is 25.3 Å². The van der Waals surface area contributed by atoms with E-state index in [0.717, 1.165) is 10.7 Å². The SMILES string of the molecule is COc1ccc(N)cc1NC(=O)c1sc(C)nc1C. The van der Waals surface area contributed by atoms with Crippen LogP contribution in [0.25, 0.3) is 0 Å². The Morgan fingerprint density at radius 1 is 1.42 bits per heavy atom. The number of anilines is 2. The number of methoxy groups -OCH3 is 1. The summed E-state index contributed by atoms with van der Waals surface area (Å²) in [7, 11) is 1.54. The third-order valence-electron chi connectivity index (χ3n) is 2.58. The number of rotatable bonds is 3. The Hall–Kier alpha value is -2.08. The quantitative estimate of drug-likeness (QED) is 0.845. The molecule has 0 saturated carbocycles. The van der Waals surface area contributed by atoms with Gasteiger partial charge in [0.15, 0.2) is 0 Å². The largest absolute Gasteiger partial charge is 0.495 e. The van der Waals surface area contributed by atoms with E-state index >= 15 is 0 Å². The first-order valence-electron chi connectivity index (χ1n) is 5.70. The van der Waals surface area contributed by atoms with Crippen LogP contribution in [-0.2, 0) is 0 Å². The van der Waals surface area contributed by atoms with Crippen molar-refractivity contribution in [3.05, 3.63) is 33.8 Å². The van der Waals surface area contributed by atoms with Crippen LogP contribution in [0, 0.1) is 13.8 Å². The van der Waals surface area contributed by atoms with Gasteiger partial charge in [-0.1, -0.05) is 0 Å². The van der Waals surface area contributed by atoms with E-state index in [9.17, 15) is 4.79 Å². The Balaban J connectivity index is 2.28. The van der Waals surface area contributed by atoms with E-state index in [1.165, 1.54) is 11.3 Å². The number of hydrogen-bond donors (Lipinski definition) is 2. The second kappa shape index (κ2) is 5.27. The van der Waals surface area contributed by atoms with Crippen LogP contribution in [0.4, 0.5) is 11.4 Å². The fourth-order valence-electron chi connectivity index (χ4n) is 1.74. The number of amides is 1. The molecule has 6 heteroatoms. The van der Waals surface area contributed by atoms with Gasteiger partial charge in [0.05, 0.1) is 23.5 Å². The Labute approximate surface area is 115 Å². The predicted molar refractivity (Wildman–Crippen MR) is 76.9 cm³/mol. The van der Waals surface area contributed by atoms with Crippen LogP contribution in [0.1, 0.15) is 20.4 Å². The molecule has 5 nitrogen and oxygen atoms in total. The molecule has 0 saturated heterocycles.